The lowest BCUT2D eigenvalue weighted by Crippen LogP contribution is -2.30. The number of hydrogen-bond acceptors (Lipinski definition) is 4. The molecule has 1 amide bonds. The summed E-state index contributed by atoms with van der Waals surface area (Å²) < 4.78 is 10.4. The third-order valence-electron chi connectivity index (χ3n) is 2.33. The summed E-state index contributed by atoms with van der Waals surface area (Å²) in [6, 6.07) is 5.65. The Balaban J connectivity index is 2.75. The topological polar surface area (TPSA) is 64.8 Å². The summed E-state index contributed by atoms with van der Waals surface area (Å²) in [5, 5.41) is 0. The number of likely N-dealkylation sites (N-methyl/N-ethyl adjacent to an activating group) is 1. The van der Waals surface area contributed by atoms with Gasteiger partial charge in [0.1, 0.15) is 0 Å². The van der Waals surface area contributed by atoms with Crippen LogP contribution in [0.25, 0.3) is 0 Å². The molecular formula is C12H18N2O3. The van der Waals surface area contributed by atoms with Crippen LogP contribution in [0.2, 0.25) is 0 Å². The third kappa shape index (κ3) is 3.96. The molecule has 1 rings (SSSR count). The summed E-state index contributed by atoms with van der Waals surface area (Å²) in [5.74, 6) is 1.03. The number of benzene rings is 1. The number of primary amides is 1. The molecule has 2 N–H and O–H groups in total. The number of ether oxygens (including phenoxy) is 2. The lowest BCUT2D eigenvalue weighted by molar-refractivity contribution is -0.118. The molecule has 0 saturated carbocycles. The molecular weight excluding hydrogens is 220 g/mol. The van der Waals surface area contributed by atoms with Crippen LogP contribution in [0.5, 0.6) is 11.5 Å². The first kappa shape index (κ1) is 13.3. The summed E-state index contributed by atoms with van der Waals surface area (Å²) in [4.78, 5) is 12.6. The number of nitrogens with two attached hydrogens (primary N) is 1. The Morgan fingerprint density at radius 1 is 1.29 bits per heavy atom. The predicted octanol–water partition coefficient (Wildman–Crippen LogP) is 0.621. The van der Waals surface area contributed by atoms with Crippen molar-refractivity contribution in [2.75, 3.05) is 27.8 Å². The van der Waals surface area contributed by atoms with Crippen molar-refractivity contribution in [3.8, 4) is 11.5 Å². The molecule has 0 unspecified atom stereocenters. The first-order valence-corrected chi connectivity index (χ1v) is 5.24. The first-order chi connectivity index (χ1) is 8.06. The van der Waals surface area contributed by atoms with Crippen molar-refractivity contribution in [2.24, 2.45) is 5.73 Å². The van der Waals surface area contributed by atoms with E-state index in [0.717, 1.165) is 5.56 Å². The van der Waals surface area contributed by atoms with E-state index in [1.807, 2.05) is 30.1 Å². The van der Waals surface area contributed by atoms with Crippen LogP contribution in [0.4, 0.5) is 0 Å². The van der Waals surface area contributed by atoms with E-state index < -0.39 is 0 Å². The molecule has 17 heavy (non-hydrogen) atoms. The fourth-order valence-electron chi connectivity index (χ4n) is 1.61. The van der Waals surface area contributed by atoms with Crippen molar-refractivity contribution in [3.63, 3.8) is 0 Å². The number of hydrogen-bond donors (Lipinski definition) is 1. The van der Waals surface area contributed by atoms with Crippen molar-refractivity contribution in [3.05, 3.63) is 23.8 Å². The van der Waals surface area contributed by atoms with E-state index in [1.54, 1.807) is 14.2 Å². The summed E-state index contributed by atoms with van der Waals surface area (Å²) in [7, 11) is 5.02. The highest BCUT2D eigenvalue weighted by Gasteiger charge is 2.07. The Labute approximate surface area is 101 Å². The second kappa shape index (κ2) is 6.10. The second-order valence-corrected chi connectivity index (χ2v) is 3.83. The smallest absolute Gasteiger partial charge is 0.231 e. The number of rotatable bonds is 6. The zero-order valence-electron chi connectivity index (χ0n) is 10.4. The molecule has 1 aromatic rings. The van der Waals surface area contributed by atoms with Crippen LogP contribution in [0.15, 0.2) is 18.2 Å². The van der Waals surface area contributed by atoms with Gasteiger partial charge in [-0.3, -0.25) is 9.69 Å². The Morgan fingerprint density at radius 2 is 1.94 bits per heavy atom. The minimum absolute atomic E-state index is 0.231. The van der Waals surface area contributed by atoms with Gasteiger partial charge in [-0.2, -0.15) is 0 Å². The zero-order valence-corrected chi connectivity index (χ0v) is 10.4. The van der Waals surface area contributed by atoms with E-state index in [0.29, 0.717) is 18.0 Å². The molecule has 0 aliphatic heterocycles. The largest absolute Gasteiger partial charge is 0.493 e. The Bertz CT molecular complexity index is 393. The van der Waals surface area contributed by atoms with Gasteiger partial charge in [0.25, 0.3) is 0 Å². The molecule has 0 heterocycles. The van der Waals surface area contributed by atoms with E-state index in [-0.39, 0.29) is 12.5 Å². The van der Waals surface area contributed by atoms with Gasteiger partial charge in [0.15, 0.2) is 11.5 Å². The van der Waals surface area contributed by atoms with Gasteiger partial charge in [0, 0.05) is 6.54 Å². The van der Waals surface area contributed by atoms with Crippen LogP contribution >= 0.6 is 0 Å². The second-order valence-electron chi connectivity index (χ2n) is 3.83. The van der Waals surface area contributed by atoms with Crippen molar-refractivity contribution < 1.29 is 14.3 Å². The maximum atomic E-state index is 10.8. The molecule has 0 radical (unpaired) electrons. The predicted molar refractivity (Wildman–Crippen MR) is 65.1 cm³/mol. The van der Waals surface area contributed by atoms with Crippen LogP contribution in [-0.2, 0) is 11.3 Å². The van der Waals surface area contributed by atoms with Crippen LogP contribution < -0.4 is 15.2 Å². The molecule has 94 valence electrons. The highest BCUT2D eigenvalue weighted by Crippen LogP contribution is 2.27. The van der Waals surface area contributed by atoms with Gasteiger partial charge in [-0.25, -0.2) is 0 Å². The molecule has 0 saturated heterocycles. The average Bonchev–Trinajstić information content (AvgIpc) is 2.27. The normalized spacial score (nSPS) is 10.4. The van der Waals surface area contributed by atoms with Gasteiger partial charge in [-0.05, 0) is 24.7 Å². The molecule has 0 spiro atoms. The number of carbonyl (C=O) groups excluding carboxylic acids is 1. The quantitative estimate of drug-likeness (QED) is 0.789. The fraction of sp³-hybridized carbons (Fsp3) is 0.417. The standard InChI is InChI=1S/C12H18N2O3/c1-14(8-12(13)15)7-9-4-5-10(16-2)11(6-9)17-3/h4-6H,7-8H2,1-3H3,(H2,13,15). The van der Waals surface area contributed by atoms with E-state index in [2.05, 4.69) is 0 Å². The minimum atomic E-state index is -0.340. The van der Waals surface area contributed by atoms with E-state index >= 15 is 0 Å². The molecule has 1 aromatic carbocycles. The molecule has 0 bridgehead atoms. The van der Waals surface area contributed by atoms with Gasteiger partial charge in [0.05, 0.1) is 20.8 Å². The van der Waals surface area contributed by atoms with Crippen LogP contribution in [0.1, 0.15) is 5.56 Å². The summed E-state index contributed by atoms with van der Waals surface area (Å²) in [6.07, 6.45) is 0. The molecule has 0 aliphatic rings. The van der Waals surface area contributed by atoms with Crippen LogP contribution in [0, 0.1) is 0 Å². The highest BCUT2D eigenvalue weighted by molar-refractivity contribution is 5.75. The molecule has 0 aromatic heterocycles. The van der Waals surface area contributed by atoms with E-state index in [4.69, 9.17) is 15.2 Å². The Kier molecular flexibility index (Phi) is 4.78. The lowest BCUT2D eigenvalue weighted by atomic mass is 10.2. The van der Waals surface area contributed by atoms with Crippen LogP contribution in [-0.4, -0.2) is 38.6 Å². The lowest BCUT2D eigenvalue weighted by Gasteiger charge is -2.15. The Hall–Kier alpha value is -1.75. The SMILES string of the molecule is COc1ccc(CN(C)CC(N)=O)cc1OC. The monoisotopic (exact) mass is 238 g/mol. The average molecular weight is 238 g/mol. The van der Waals surface area contributed by atoms with Crippen molar-refractivity contribution >= 4 is 5.91 Å². The van der Waals surface area contributed by atoms with Gasteiger partial charge < -0.3 is 15.2 Å². The highest BCUT2D eigenvalue weighted by atomic mass is 16.5. The van der Waals surface area contributed by atoms with Gasteiger partial charge >= 0.3 is 0 Å². The maximum Gasteiger partial charge on any atom is 0.231 e. The molecule has 0 atom stereocenters. The number of methoxy groups -OCH3 is 2. The number of amides is 1. The van der Waals surface area contributed by atoms with Crippen molar-refractivity contribution in [1.29, 1.82) is 0 Å². The summed E-state index contributed by atoms with van der Waals surface area (Å²) >= 11 is 0. The summed E-state index contributed by atoms with van der Waals surface area (Å²) in [5.41, 5.74) is 6.16. The molecule has 0 aliphatic carbocycles. The maximum absolute atomic E-state index is 10.8. The third-order valence-corrected chi connectivity index (χ3v) is 2.33. The summed E-state index contributed by atoms with van der Waals surface area (Å²) in [6.45, 7) is 0.859. The van der Waals surface area contributed by atoms with Crippen molar-refractivity contribution in [1.82, 2.24) is 4.90 Å². The molecule has 0 fully saturated rings. The van der Waals surface area contributed by atoms with Gasteiger partial charge in [-0.1, -0.05) is 6.07 Å². The minimum Gasteiger partial charge on any atom is -0.493 e. The van der Waals surface area contributed by atoms with Crippen LogP contribution in [0.3, 0.4) is 0 Å². The van der Waals surface area contributed by atoms with E-state index in [9.17, 15) is 4.79 Å². The zero-order chi connectivity index (χ0) is 12.8. The first-order valence-electron chi connectivity index (χ1n) is 5.24. The number of nitrogens with zero attached hydrogens (tertiary/aromatic N) is 1. The van der Waals surface area contributed by atoms with Crippen molar-refractivity contribution in [2.45, 2.75) is 6.54 Å². The Morgan fingerprint density at radius 3 is 2.47 bits per heavy atom. The van der Waals surface area contributed by atoms with Gasteiger partial charge in [-0.15, -0.1) is 0 Å². The molecule has 5 nitrogen and oxygen atoms in total. The number of carbonyl (C=O) groups is 1. The van der Waals surface area contributed by atoms with Gasteiger partial charge in [0.2, 0.25) is 5.91 Å². The van der Waals surface area contributed by atoms with E-state index in [1.165, 1.54) is 0 Å². The fourth-order valence-corrected chi connectivity index (χ4v) is 1.61. The molecule has 5 heteroatoms.